The van der Waals surface area contributed by atoms with Crippen molar-refractivity contribution < 1.29 is 9.53 Å². The van der Waals surface area contributed by atoms with Gasteiger partial charge in [0, 0.05) is 6.42 Å². The van der Waals surface area contributed by atoms with E-state index in [1.54, 1.807) is 4.68 Å². The van der Waals surface area contributed by atoms with Gasteiger partial charge >= 0.3 is 0 Å². The number of carbonyl (C=O) groups is 1. The van der Waals surface area contributed by atoms with Crippen LogP contribution in [0.15, 0.2) is 47.9 Å². The van der Waals surface area contributed by atoms with Gasteiger partial charge in [0.15, 0.2) is 0 Å². The summed E-state index contributed by atoms with van der Waals surface area (Å²) in [4.78, 5) is 12.5. The van der Waals surface area contributed by atoms with Crippen LogP contribution in [0.1, 0.15) is 31.9 Å². The molecule has 5 nitrogen and oxygen atoms in total. The average molecular weight is 311 g/mol. The van der Waals surface area contributed by atoms with Crippen molar-refractivity contribution in [3.05, 3.63) is 53.6 Å². The standard InChI is InChI=1S/C18H21N3O2/c1-3-17-15(10-7-11-23-17)18(22)19-16-12-21(20-13(16)2)14-8-5-4-6-9-14/h4-6,8-9,12H,3,7,10-11H2,1-2H3,(H,19,22). The summed E-state index contributed by atoms with van der Waals surface area (Å²) >= 11 is 0. The van der Waals surface area contributed by atoms with Crippen LogP contribution in [0.25, 0.3) is 5.69 Å². The second kappa shape index (κ2) is 6.69. The minimum atomic E-state index is -0.0859. The molecule has 1 aromatic heterocycles. The third kappa shape index (κ3) is 3.28. The number of para-hydroxylation sites is 1. The fourth-order valence-electron chi connectivity index (χ4n) is 2.72. The van der Waals surface area contributed by atoms with Crippen LogP contribution in [0.4, 0.5) is 5.69 Å². The Bertz CT molecular complexity index is 732. The molecule has 2 heterocycles. The van der Waals surface area contributed by atoms with Crippen molar-refractivity contribution in [3.63, 3.8) is 0 Å². The van der Waals surface area contributed by atoms with Crippen molar-refractivity contribution in [2.24, 2.45) is 0 Å². The second-order valence-electron chi connectivity index (χ2n) is 5.57. The molecule has 2 aromatic rings. The molecule has 3 rings (SSSR count). The van der Waals surface area contributed by atoms with E-state index < -0.39 is 0 Å². The van der Waals surface area contributed by atoms with Gasteiger partial charge in [-0.1, -0.05) is 25.1 Å². The quantitative estimate of drug-likeness (QED) is 0.938. The van der Waals surface area contributed by atoms with E-state index in [-0.39, 0.29) is 5.91 Å². The van der Waals surface area contributed by atoms with Gasteiger partial charge in [-0.05, 0) is 31.9 Å². The summed E-state index contributed by atoms with van der Waals surface area (Å²) in [6.07, 6.45) is 4.23. The molecule has 0 saturated heterocycles. The smallest absolute Gasteiger partial charge is 0.255 e. The van der Waals surface area contributed by atoms with Crippen LogP contribution < -0.4 is 5.32 Å². The molecule has 1 aromatic carbocycles. The lowest BCUT2D eigenvalue weighted by Crippen LogP contribution is -2.20. The number of allylic oxidation sites excluding steroid dienone is 1. The Labute approximate surface area is 136 Å². The highest BCUT2D eigenvalue weighted by atomic mass is 16.5. The van der Waals surface area contributed by atoms with E-state index in [1.165, 1.54) is 0 Å². The molecule has 120 valence electrons. The molecule has 0 unspecified atom stereocenters. The maximum atomic E-state index is 12.5. The zero-order chi connectivity index (χ0) is 16.2. The van der Waals surface area contributed by atoms with Crippen LogP contribution in [0.2, 0.25) is 0 Å². The molecule has 5 heteroatoms. The predicted molar refractivity (Wildman–Crippen MR) is 89.4 cm³/mol. The Morgan fingerprint density at radius 1 is 1.35 bits per heavy atom. The number of nitrogens with one attached hydrogen (secondary N) is 1. The lowest BCUT2D eigenvalue weighted by molar-refractivity contribution is -0.113. The molecular weight excluding hydrogens is 290 g/mol. The number of ether oxygens (including phenoxy) is 1. The molecule has 1 aliphatic heterocycles. The van der Waals surface area contributed by atoms with Crippen molar-refractivity contribution in [2.45, 2.75) is 33.1 Å². The molecular formula is C18H21N3O2. The van der Waals surface area contributed by atoms with Gasteiger partial charge in [-0.15, -0.1) is 0 Å². The number of aryl methyl sites for hydroxylation is 1. The first-order valence-electron chi connectivity index (χ1n) is 7.97. The lowest BCUT2D eigenvalue weighted by Gasteiger charge is -2.19. The van der Waals surface area contributed by atoms with Crippen LogP contribution in [0.5, 0.6) is 0 Å². The zero-order valence-electron chi connectivity index (χ0n) is 13.5. The van der Waals surface area contributed by atoms with Crippen LogP contribution in [-0.4, -0.2) is 22.3 Å². The van der Waals surface area contributed by atoms with Crippen molar-refractivity contribution in [3.8, 4) is 5.69 Å². The maximum absolute atomic E-state index is 12.5. The molecule has 1 amide bonds. The highest BCUT2D eigenvalue weighted by molar-refractivity contribution is 6.04. The first-order valence-corrected chi connectivity index (χ1v) is 7.97. The fourth-order valence-corrected chi connectivity index (χ4v) is 2.72. The number of carbonyl (C=O) groups excluding carboxylic acids is 1. The summed E-state index contributed by atoms with van der Waals surface area (Å²) in [7, 11) is 0. The number of hydrogen-bond acceptors (Lipinski definition) is 3. The van der Waals surface area contributed by atoms with Crippen LogP contribution in [0.3, 0.4) is 0 Å². The van der Waals surface area contributed by atoms with Gasteiger partial charge < -0.3 is 10.1 Å². The Hall–Kier alpha value is -2.56. The summed E-state index contributed by atoms with van der Waals surface area (Å²) in [5.74, 6) is 0.721. The third-order valence-corrected chi connectivity index (χ3v) is 3.95. The SMILES string of the molecule is CCC1=C(C(=O)Nc2cn(-c3ccccc3)nc2C)CCCO1. The van der Waals surface area contributed by atoms with Crippen molar-refractivity contribution in [1.82, 2.24) is 9.78 Å². The van der Waals surface area contributed by atoms with Gasteiger partial charge in [-0.3, -0.25) is 4.79 Å². The third-order valence-electron chi connectivity index (χ3n) is 3.95. The lowest BCUT2D eigenvalue weighted by atomic mass is 10.0. The molecule has 0 atom stereocenters. The van der Waals surface area contributed by atoms with E-state index in [0.717, 1.165) is 47.7 Å². The van der Waals surface area contributed by atoms with Crippen LogP contribution >= 0.6 is 0 Å². The van der Waals surface area contributed by atoms with E-state index in [2.05, 4.69) is 10.4 Å². The molecule has 1 aliphatic rings. The molecule has 23 heavy (non-hydrogen) atoms. The highest BCUT2D eigenvalue weighted by Gasteiger charge is 2.20. The normalized spacial score (nSPS) is 14.5. The number of anilines is 1. The van der Waals surface area contributed by atoms with Crippen molar-refractivity contribution >= 4 is 11.6 Å². The van der Waals surface area contributed by atoms with E-state index in [0.29, 0.717) is 6.61 Å². The summed E-state index contributed by atoms with van der Waals surface area (Å²) in [6, 6.07) is 9.84. The summed E-state index contributed by atoms with van der Waals surface area (Å²) in [5, 5.41) is 7.45. The first kappa shape index (κ1) is 15.3. The van der Waals surface area contributed by atoms with Crippen molar-refractivity contribution in [1.29, 1.82) is 0 Å². The van der Waals surface area contributed by atoms with Crippen LogP contribution in [0, 0.1) is 6.92 Å². The number of nitrogens with zero attached hydrogens (tertiary/aromatic N) is 2. The predicted octanol–water partition coefficient (Wildman–Crippen LogP) is 3.59. The largest absolute Gasteiger partial charge is 0.497 e. The first-order chi connectivity index (χ1) is 11.2. The number of aromatic nitrogens is 2. The monoisotopic (exact) mass is 311 g/mol. The summed E-state index contributed by atoms with van der Waals surface area (Å²) in [5.41, 5.74) is 3.24. The fraction of sp³-hybridized carbons (Fsp3) is 0.333. The number of rotatable bonds is 4. The van der Waals surface area contributed by atoms with E-state index in [9.17, 15) is 4.79 Å². The molecule has 0 radical (unpaired) electrons. The molecule has 1 N–H and O–H groups in total. The van der Waals surface area contributed by atoms with Gasteiger partial charge in [0.2, 0.25) is 0 Å². The minimum absolute atomic E-state index is 0.0859. The van der Waals surface area contributed by atoms with Gasteiger partial charge in [-0.25, -0.2) is 4.68 Å². The van der Waals surface area contributed by atoms with E-state index in [1.807, 2.05) is 50.4 Å². The van der Waals surface area contributed by atoms with Gasteiger partial charge in [-0.2, -0.15) is 5.10 Å². The van der Waals surface area contributed by atoms with Crippen LogP contribution in [-0.2, 0) is 9.53 Å². The number of benzene rings is 1. The highest BCUT2D eigenvalue weighted by Crippen LogP contribution is 2.24. The Morgan fingerprint density at radius 3 is 2.87 bits per heavy atom. The number of amides is 1. The molecule has 0 saturated carbocycles. The summed E-state index contributed by atoms with van der Waals surface area (Å²) in [6.45, 7) is 4.60. The minimum Gasteiger partial charge on any atom is -0.497 e. The van der Waals surface area contributed by atoms with E-state index >= 15 is 0 Å². The van der Waals surface area contributed by atoms with Gasteiger partial charge in [0.1, 0.15) is 5.76 Å². The Kier molecular flexibility index (Phi) is 4.46. The average Bonchev–Trinajstić information content (AvgIpc) is 2.96. The Morgan fingerprint density at radius 2 is 2.13 bits per heavy atom. The van der Waals surface area contributed by atoms with E-state index in [4.69, 9.17) is 4.74 Å². The molecule has 0 fully saturated rings. The molecule has 0 bridgehead atoms. The molecule has 0 spiro atoms. The summed E-state index contributed by atoms with van der Waals surface area (Å²) < 4.78 is 7.38. The van der Waals surface area contributed by atoms with Gasteiger partial charge in [0.25, 0.3) is 5.91 Å². The second-order valence-corrected chi connectivity index (χ2v) is 5.57. The zero-order valence-corrected chi connectivity index (χ0v) is 13.5. The van der Waals surface area contributed by atoms with Crippen molar-refractivity contribution in [2.75, 3.05) is 11.9 Å². The Balaban J connectivity index is 1.82. The number of hydrogen-bond donors (Lipinski definition) is 1. The molecule has 0 aliphatic carbocycles. The van der Waals surface area contributed by atoms with Gasteiger partial charge in [0.05, 0.1) is 35.4 Å². The topological polar surface area (TPSA) is 56.2 Å². The maximum Gasteiger partial charge on any atom is 0.255 e.